The third-order valence-corrected chi connectivity index (χ3v) is 5.20. The molecule has 6 heteroatoms. The number of aliphatic hydroxyl groups excluding tert-OH is 1. The van der Waals surface area contributed by atoms with Crippen LogP contribution in [0.15, 0.2) is 24.3 Å². The summed E-state index contributed by atoms with van der Waals surface area (Å²) in [6, 6.07) is 6.44. The van der Waals surface area contributed by atoms with Crippen molar-refractivity contribution in [1.82, 2.24) is 10.2 Å². The van der Waals surface area contributed by atoms with Crippen molar-refractivity contribution in [2.45, 2.75) is 84.4 Å². The van der Waals surface area contributed by atoms with Gasteiger partial charge in [0.1, 0.15) is 0 Å². The number of nitrogens with zero attached hydrogens (tertiary/aromatic N) is 1. The lowest BCUT2D eigenvalue weighted by atomic mass is 9.99. The number of hydrogen-bond donors (Lipinski definition) is 2. The zero-order chi connectivity index (χ0) is 21.1. The number of carbonyl (C=O) groups is 2. The SMILES string of the molecule is CCCCCC[C@H](NC(=O)c1ccc(Cl)cc1)C(O)CCN(C(C)=O)C(C)C. The molecule has 0 heterocycles. The van der Waals surface area contributed by atoms with Gasteiger partial charge >= 0.3 is 0 Å². The molecule has 0 aliphatic rings. The largest absolute Gasteiger partial charge is 0.391 e. The van der Waals surface area contributed by atoms with Crippen molar-refractivity contribution >= 4 is 23.4 Å². The number of hydrogen-bond acceptors (Lipinski definition) is 3. The predicted octanol–water partition coefficient (Wildman–Crippen LogP) is 4.42. The molecule has 0 spiro atoms. The molecule has 1 aromatic rings. The topological polar surface area (TPSA) is 69.6 Å². The van der Waals surface area contributed by atoms with Crippen LogP contribution < -0.4 is 5.32 Å². The molecular formula is C22H35ClN2O3. The summed E-state index contributed by atoms with van der Waals surface area (Å²) < 4.78 is 0. The highest BCUT2D eigenvalue weighted by Gasteiger charge is 2.23. The van der Waals surface area contributed by atoms with Gasteiger partial charge in [0.15, 0.2) is 0 Å². The van der Waals surface area contributed by atoms with Gasteiger partial charge in [-0.25, -0.2) is 0 Å². The molecule has 2 amide bonds. The molecule has 0 bridgehead atoms. The molecule has 158 valence electrons. The molecule has 0 radical (unpaired) electrons. The van der Waals surface area contributed by atoms with Crippen LogP contribution in [0.1, 0.15) is 76.6 Å². The number of benzene rings is 1. The number of aliphatic hydroxyl groups is 1. The van der Waals surface area contributed by atoms with E-state index in [-0.39, 0.29) is 23.9 Å². The number of nitrogens with one attached hydrogen (secondary N) is 1. The molecule has 0 aromatic heterocycles. The van der Waals surface area contributed by atoms with E-state index in [4.69, 9.17) is 11.6 Å². The summed E-state index contributed by atoms with van der Waals surface area (Å²) in [7, 11) is 0. The molecule has 0 saturated carbocycles. The molecule has 0 saturated heterocycles. The van der Waals surface area contributed by atoms with Gasteiger partial charge in [0.25, 0.3) is 5.91 Å². The zero-order valence-corrected chi connectivity index (χ0v) is 18.3. The second-order valence-corrected chi connectivity index (χ2v) is 8.03. The average molecular weight is 411 g/mol. The molecule has 1 rings (SSSR count). The van der Waals surface area contributed by atoms with Gasteiger partial charge in [-0.2, -0.15) is 0 Å². The molecule has 0 aliphatic carbocycles. The normalized spacial score (nSPS) is 13.2. The molecule has 1 aromatic carbocycles. The van der Waals surface area contributed by atoms with E-state index in [1.165, 1.54) is 6.92 Å². The lowest BCUT2D eigenvalue weighted by Gasteiger charge is -2.29. The van der Waals surface area contributed by atoms with Crippen LogP contribution in [0.3, 0.4) is 0 Å². The van der Waals surface area contributed by atoms with Gasteiger partial charge in [0.2, 0.25) is 5.91 Å². The van der Waals surface area contributed by atoms with Crippen LogP contribution in [-0.4, -0.2) is 46.6 Å². The van der Waals surface area contributed by atoms with E-state index in [0.717, 1.165) is 25.7 Å². The number of carbonyl (C=O) groups excluding carboxylic acids is 2. The first kappa shape index (κ1) is 24.4. The standard InChI is InChI=1S/C22H35ClN2O3/c1-5-6-7-8-9-20(21(27)14-15-25(16(2)3)17(4)26)24-22(28)18-10-12-19(23)13-11-18/h10-13,16,20-21,27H,5-9,14-15H2,1-4H3,(H,24,28)/t20-,21?/m0/s1. The van der Waals surface area contributed by atoms with Crippen LogP contribution in [-0.2, 0) is 4.79 Å². The summed E-state index contributed by atoms with van der Waals surface area (Å²) in [5.74, 6) is -0.226. The summed E-state index contributed by atoms with van der Waals surface area (Å²) in [5, 5.41) is 14.3. The monoisotopic (exact) mass is 410 g/mol. The average Bonchev–Trinajstić information content (AvgIpc) is 2.64. The minimum absolute atomic E-state index is 0.00750. The predicted molar refractivity (Wildman–Crippen MR) is 115 cm³/mol. The minimum atomic E-state index is -0.710. The fourth-order valence-electron chi connectivity index (χ4n) is 3.26. The van der Waals surface area contributed by atoms with Gasteiger partial charge in [-0.15, -0.1) is 0 Å². The van der Waals surface area contributed by atoms with Crippen LogP contribution in [0, 0.1) is 0 Å². The lowest BCUT2D eigenvalue weighted by molar-refractivity contribution is -0.130. The Morgan fingerprint density at radius 3 is 2.29 bits per heavy atom. The first-order valence-corrected chi connectivity index (χ1v) is 10.7. The van der Waals surface area contributed by atoms with Crippen molar-refractivity contribution in [3.05, 3.63) is 34.9 Å². The lowest BCUT2D eigenvalue weighted by Crippen LogP contribution is -2.45. The fraction of sp³-hybridized carbons (Fsp3) is 0.636. The highest BCUT2D eigenvalue weighted by atomic mass is 35.5. The van der Waals surface area contributed by atoms with Crippen LogP contribution in [0.4, 0.5) is 0 Å². The van der Waals surface area contributed by atoms with Gasteiger partial charge in [-0.3, -0.25) is 9.59 Å². The van der Waals surface area contributed by atoms with E-state index in [1.807, 2.05) is 13.8 Å². The summed E-state index contributed by atoms with van der Waals surface area (Å²) in [6.45, 7) is 8.07. The Bertz CT molecular complexity index is 604. The smallest absolute Gasteiger partial charge is 0.251 e. The summed E-state index contributed by atoms with van der Waals surface area (Å²) in [4.78, 5) is 26.1. The molecule has 0 fully saturated rings. The Hall–Kier alpha value is -1.59. The Morgan fingerprint density at radius 2 is 1.75 bits per heavy atom. The molecule has 0 aliphatic heterocycles. The first-order chi connectivity index (χ1) is 13.3. The van der Waals surface area contributed by atoms with Crippen LogP contribution in [0.5, 0.6) is 0 Å². The number of rotatable bonds is 12. The highest BCUT2D eigenvalue weighted by molar-refractivity contribution is 6.30. The second-order valence-electron chi connectivity index (χ2n) is 7.60. The third kappa shape index (κ3) is 8.61. The van der Waals surface area contributed by atoms with Gasteiger partial charge in [0, 0.05) is 30.1 Å². The van der Waals surface area contributed by atoms with Crippen LogP contribution in [0.25, 0.3) is 0 Å². The fourth-order valence-corrected chi connectivity index (χ4v) is 3.38. The molecule has 2 N–H and O–H groups in total. The molecular weight excluding hydrogens is 376 g/mol. The molecule has 2 atom stereocenters. The van der Waals surface area contributed by atoms with Crippen LogP contribution in [0.2, 0.25) is 5.02 Å². The van der Waals surface area contributed by atoms with Crippen LogP contribution >= 0.6 is 11.6 Å². The minimum Gasteiger partial charge on any atom is -0.391 e. The summed E-state index contributed by atoms with van der Waals surface area (Å²) >= 11 is 5.89. The maximum atomic E-state index is 12.6. The van der Waals surface area contributed by atoms with Gasteiger partial charge < -0.3 is 15.3 Å². The van der Waals surface area contributed by atoms with Gasteiger partial charge in [-0.1, -0.05) is 44.2 Å². The molecule has 5 nitrogen and oxygen atoms in total. The van der Waals surface area contributed by atoms with Gasteiger partial charge in [-0.05, 0) is 51.0 Å². The van der Waals surface area contributed by atoms with E-state index < -0.39 is 6.10 Å². The zero-order valence-electron chi connectivity index (χ0n) is 17.6. The maximum Gasteiger partial charge on any atom is 0.251 e. The van der Waals surface area contributed by atoms with Crippen molar-refractivity contribution in [2.24, 2.45) is 0 Å². The summed E-state index contributed by atoms with van der Waals surface area (Å²) in [6.07, 6.45) is 4.71. The molecule has 28 heavy (non-hydrogen) atoms. The van der Waals surface area contributed by atoms with Crippen molar-refractivity contribution in [2.75, 3.05) is 6.54 Å². The number of halogens is 1. The van der Waals surface area contributed by atoms with Crippen molar-refractivity contribution in [3.8, 4) is 0 Å². The Labute approximate surface area is 174 Å². The molecule has 1 unspecified atom stereocenters. The Kier molecular flexibility index (Phi) is 11.2. The van der Waals surface area contributed by atoms with E-state index in [9.17, 15) is 14.7 Å². The van der Waals surface area contributed by atoms with Crippen molar-refractivity contribution in [1.29, 1.82) is 0 Å². The van der Waals surface area contributed by atoms with E-state index in [0.29, 0.717) is 30.0 Å². The van der Waals surface area contributed by atoms with E-state index >= 15 is 0 Å². The number of amides is 2. The first-order valence-electron chi connectivity index (χ1n) is 10.3. The van der Waals surface area contributed by atoms with Crippen molar-refractivity contribution < 1.29 is 14.7 Å². The number of unbranched alkanes of at least 4 members (excludes halogenated alkanes) is 3. The van der Waals surface area contributed by atoms with Crippen molar-refractivity contribution in [3.63, 3.8) is 0 Å². The van der Waals surface area contributed by atoms with E-state index in [1.54, 1.807) is 29.2 Å². The maximum absolute atomic E-state index is 12.6. The Balaban J connectivity index is 2.74. The summed E-state index contributed by atoms with van der Waals surface area (Å²) in [5.41, 5.74) is 0.516. The second kappa shape index (κ2) is 12.8. The third-order valence-electron chi connectivity index (χ3n) is 4.95. The van der Waals surface area contributed by atoms with Gasteiger partial charge in [0.05, 0.1) is 12.1 Å². The Morgan fingerprint density at radius 1 is 1.11 bits per heavy atom. The van der Waals surface area contributed by atoms with E-state index in [2.05, 4.69) is 12.2 Å². The quantitative estimate of drug-likeness (QED) is 0.501. The highest BCUT2D eigenvalue weighted by Crippen LogP contribution is 2.14.